The van der Waals surface area contributed by atoms with Crippen LogP contribution in [0.15, 0.2) is 41.8 Å². The van der Waals surface area contributed by atoms with Crippen molar-refractivity contribution in [1.29, 1.82) is 0 Å². The van der Waals surface area contributed by atoms with Gasteiger partial charge in [0.25, 0.3) is 5.91 Å². The number of halogens is 1. The third-order valence-corrected chi connectivity index (χ3v) is 9.39. The van der Waals surface area contributed by atoms with Crippen LogP contribution in [-0.4, -0.2) is 45.8 Å². The van der Waals surface area contributed by atoms with Gasteiger partial charge in [0.1, 0.15) is 12.2 Å². The fraction of sp³-hybridized carbons (Fsp3) is 0.516. The van der Waals surface area contributed by atoms with Crippen molar-refractivity contribution in [2.24, 2.45) is 5.92 Å². The van der Waals surface area contributed by atoms with E-state index in [9.17, 15) is 14.4 Å². The molecule has 4 rings (SSSR count). The van der Waals surface area contributed by atoms with Crippen LogP contribution < -0.4 is 15.5 Å². The normalized spacial score (nSPS) is 17.1. The summed E-state index contributed by atoms with van der Waals surface area (Å²) in [7, 11) is 0. The van der Waals surface area contributed by atoms with Crippen LogP contribution in [0, 0.1) is 12.8 Å². The average molecular weight is 677 g/mol. The molecule has 0 aliphatic heterocycles. The number of amides is 3. The van der Waals surface area contributed by atoms with Crippen LogP contribution in [-0.2, 0) is 16.1 Å². The quantitative estimate of drug-likeness (QED) is 0.124. The van der Waals surface area contributed by atoms with Gasteiger partial charge in [-0.25, -0.2) is 0 Å². The smallest absolute Gasteiger partial charge is 0.268 e. The molecule has 1 fully saturated rings. The third-order valence-electron chi connectivity index (χ3n) is 7.77. The Morgan fingerprint density at radius 2 is 1.82 bits per heavy atom. The molecule has 3 aromatic rings. The fourth-order valence-corrected chi connectivity index (χ4v) is 6.90. The van der Waals surface area contributed by atoms with Gasteiger partial charge in [-0.15, -0.1) is 11.3 Å². The van der Waals surface area contributed by atoms with Crippen molar-refractivity contribution in [1.82, 2.24) is 15.2 Å². The van der Waals surface area contributed by atoms with Crippen molar-refractivity contribution < 1.29 is 14.4 Å². The minimum Gasteiger partial charge on any atom is -0.356 e. The number of hydrogen-bond donors (Lipinski definition) is 2. The van der Waals surface area contributed by atoms with E-state index in [0.717, 1.165) is 66.5 Å². The summed E-state index contributed by atoms with van der Waals surface area (Å²) in [6.45, 7) is 5.37. The summed E-state index contributed by atoms with van der Waals surface area (Å²) in [6, 6.07) is 11.8. The molecule has 0 spiro atoms. The lowest BCUT2D eigenvalue weighted by atomic mass is 9.85. The molecule has 1 aromatic carbocycles. The highest BCUT2D eigenvalue weighted by molar-refractivity contribution is 14.1. The number of alkyl halides is 1. The Hall–Kier alpha value is -2.40. The minimum absolute atomic E-state index is 0.0240. The highest BCUT2D eigenvalue weighted by atomic mass is 127. The number of hydrogen-bond acceptors (Lipinski definition) is 4. The lowest BCUT2D eigenvalue weighted by Crippen LogP contribution is -2.42. The van der Waals surface area contributed by atoms with Crippen LogP contribution in [0.5, 0.6) is 0 Å². The number of nitrogens with one attached hydrogen (secondary N) is 2. The maximum absolute atomic E-state index is 13.5. The first kappa shape index (κ1) is 30.6. The molecule has 0 bridgehead atoms. The van der Waals surface area contributed by atoms with Crippen molar-refractivity contribution >= 4 is 67.6 Å². The summed E-state index contributed by atoms with van der Waals surface area (Å²) in [4.78, 5) is 41.3. The van der Waals surface area contributed by atoms with Crippen LogP contribution >= 0.6 is 33.9 Å². The van der Waals surface area contributed by atoms with E-state index in [-0.39, 0.29) is 36.2 Å². The molecular formula is C31H41IN4O3S. The van der Waals surface area contributed by atoms with Gasteiger partial charge in [0, 0.05) is 30.7 Å². The van der Waals surface area contributed by atoms with E-state index < -0.39 is 0 Å². The van der Waals surface area contributed by atoms with E-state index in [1.807, 2.05) is 60.2 Å². The molecule has 1 aliphatic rings. The Morgan fingerprint density at radius 3 is 2.55 bits per heavy atom. The topological polar surface area (TPSA) is 83.4 Å². The second-order valence-corrected chi connectivity index (χ2v) is 12.7. The molecule has 0 radical (unpaired) electrons. The Bertz CT molecular complexity index is 1290. The molecule has 2 aromatic heterocycles. The van der Waals surface area contributed by atoms with Gasteiger partial charge in [-0.3, -0.25) is 14.4 Å². The summed E-state index contributed by atoms with van der Waals surface area (Å²) in [5.41, 5.74) is 3.37. The summed E-state index contributed by atoms with van der Waals surface area (Å²) in [5, 5.41) is 8.30. The van der Waals surface area contributed by atoms with Gasteiger partial charge in [-0.05, 0) is 92.0 Å². The lowest BCUT2D eigenvalue weighted by molar-refractivity contribution is -0.126. The second kappa shape index (κ2) is 15.0. The number of carbonyl (C=O) groups excluding carboxylic acids is 3. The Labute approximate surface area is 255 Å². The first-order valence-electron chi connectivity index (χ1n) is 14.5. The maximum Gasteiger partial charge on any atom is 0.268 e. The van der Waals surface area contributed by atoms with E-state index in [1.54, 1.807) is 16.2 Å². The maximum atomic E-state index is 13.5. The van der Waals surface area contributed by atoms with Crippen molar-refractivity contribution in [2.45, 2.75) is 77.8 Å². The molecule has 216 valence electrons. The number of likely N-dealkylation sites (N-methyl/N-ethyl adjacent to an activating group) is 1. The van der Waals surface area contributed by atoms with Crippen molar-refractivity contribution in [3.05, 3.63) is 53.0 Å². The number of aromatic nitrogens is 1. The summed E-state index contributed by atoms with van der Waals surface area (Å²) in [5.74, 6) is -0.0343. The predicted octanol–water partition coefficient (Wildman–Crippen LogP) is 6.46. The van der Waals surface area contributed by atoms with E-state index in [2.05, 4.69) is 33.2 Å². The molecule has 1 aliphatic carbocycles. The van der Waals surface area contributed by atoms with E-state index in [4.69, 9.17) is 0 Å². The van der Waals surface area contributed by atoms with E-state index in [0.29, 0.717) is 12.2 Å². The third kappa shape index (κ3) is 7.87. The Morgan fingerprint density at radius 1 is 1.05 bits per heavy atom. The van der Waals surface area contributed by atoms with E-state index >= 15 is 0 Å². The highest BCUT2D eigenvalue weighted by Gasteiger charge is 2.28. The van der Waals surface area contributed by atoms with Crippen molar-refractivity contribution in [2.75, 3.05) is 22.4 Å². The molecule has 3 amide bonds. The molecule has 9 heteroatoms. The summed E-state index contributed by atoms with van der Waals surface area (Å²) >= 11 is 3.97. The number of rotatable bonds is 13. The number of thiophene rings is 1. The van der Waals surface area contributed by atoms with Gasteiger partial charge in [-0.1, -0.05) is 47.6 Å². The number of anilines is 1. The minimum atomic E-state index is -0.158. The Kier molecular flexibility index (Phi) is 11.5. The van der Waals surface area contributed by atoms with Crippen LogP contribution in [0.25, 0.3) is 10.2 Å². The highest BCUT2D eigenvalue weighted by Crippen LogP contribution is 2.28. The molecule has 0 saturated heterocycles. The standard InChI is InChI=1S/C31H41IN4O3S/c1-3-35(25-10-8-9-22(2)19-25)29(37)21-36-26-15-18-40-28(26)20-27(36)31(39)34-24-13-11-23(12-14-24)30(38)33-17-7-5-4-6-16-32/h8-10,15,18-20,23-24H,3-7,11-14,16-17,21H2,1-2H3,(H,33,38)(H,34,39). The zero-order valence-electron chi connectivity index (χ0n) is 23.6. The van der Waals surface area contributed by atoms with Gasteiger partial charge in [0.05, 0.1) is 10.2 Å². The van der Waals surface area contributed by atoms with Crippen LogP contribution in [0.4, 0.5) is 5.69 Å². The summed E-state index contributed by atoms with van der Waals surface area (Å²) < 4.78 is 4.03. The molecule has 7 nitrogen and oxygen atoms in total. The molecule has 2 heterocycles. The van der Waals surface area contributed by atoms with Gasteiger partial charge in [0.2, 0.25) is 11.8 Å². The first-order chi connectivity index (χ1) is 19.4. The fourth-order valence-electron chi connectivity index (χ4n) is 5.54. The largest absolute Gasteiger partial charge is 0.356 e. The number of carbonyl (C=O) groups is 3. The molecule has 40 heavy (non-hydrogen) atoms. The van der Waals surface area contributed by atoms with E-state index in [1.165, 1.54) is 17.3 Å². The van der Waals surface area contributed by atoms with Crippen molar-refractivity contribution in [3.63, 3.8) is 0 Å². The zero-order valence-corrected chi connectivity index (χ0v) is 26.6. The Balaban J connectivity index is 1.34. The number of unbranched alkanes of at least 4 members (excludes halogenated alkanes) is 3. The molecule has 0 atom stereocenters. The summed E-state index contributed by atoms with van der Waals surface area (Å²) in [6.07, 6.45) is 7.79. The predicted molar refractivity (Wildman–Crippen MR) is 173 cm³/mol. The molecule has 0 unspecified atom stereocenters. The molecule has 1 saturated carbocycles. The van der Waals surface area contributed by atoms with Gasteiger partial charge in [0.15, 0.2) is 0 Å². The van der Waals surface area contributed by atoms with Crippen LogP contribution in [0.1, 0.15) is 74.3 Å². The molecule has 2 N–H and O–H groups in total. The van der Waals surface area contributed by atoms with Gasteiger partial charge >= 0.3 is 0 Å². The van der Waals surface area contributed by atoms with Crippen LogP contribution in [0.2, 0.25) is 0 Å². The zero-order chi connectivity index (χ0) is 28.5. The second-order valence-electron chi connectivity index (χ2n) is 10.7. The average Bonchev–Trinajstić information content (AvgIpc) is 3.54. The number of nitrogens with zero attached hydrogens (tertiary/aromatic N) is 2. The monoisotopic (exact) mass is 676 g/mol. The number of aryl methyl sites for hydroxylation is 1. The first-order valence-corrected chi connectivity index (χ1v) is 16.9. The number of fused-ring (bicyclic) bond motifs is 1. The number of benzene rings is 1. The lowest BCUT2D eigenvalue weighted by Gasteiger charge is -2.28. The van der Waals surface area contributed by atoms with Gasteiger partial charge < -0.3 is 20.1 Å². The van der Waals surface area contributed by atoms with Crippen LogP contribution in [0.3, 0.4) is 0 Å². The molecular weight excluding hydrogens is 635 g/mol. The van der Waals surface area contributed by atoms with Gasteiger partial charge in [-0.2, -0.15) is 0 Å². The van der Waals surface area contributed by atoms with Crippen molar-refractivity contribution in [3.8, 4) is 0 Å². The SMILES string of the molecule is CCN(C(=O)Cn1c(C(=O)NC2CCC(C(=O)NCCCCCCI)CC2)cc2sccc21)c1cccc(C)c1.